The van der Waals surface area contributed by atoms with Crippen LogP contribution in [0.5, 0.6) is 0 Å². The Bertz CT molecular complexity index is 255. The normalized spacial score (nSPS) is 9.27. The molecule has 1 N–H and O–H groups in total. The Hall–Kier alpha value is 0.0700. The molecule has 0 spiro atoms. The summed E-state index contributed by atoms with van der Waals surface area (Å²) >= 11 is 11.5. The molecule has 0 aromatic heterocycles. The fourth-order valence-electron chi connectivity index (χ4n) is 0.695. The quantitative estimate of drug-likeness (QED) is 0.837. The van der Waals surface area contributed by atoms with Crippen LogP contribution in [0.1, 0.15) is 0 Å². The van der Waals surface area contributed by atoms with Crippen LogP contribution in [-0.4, -0.2) is 5.49 Å². The first-order valence-electron chi connectivity index (χ1n) is 2.90. The van der Waals surface area contributed by atoms with Gasteiger partial charge in [0.1, 0.15) is 0 Å². The van der Waals surface area contributed by atoms with Gasteiger partial charge in [-0.25, -0.2) is 0 Å². The molecule has 0 heterocycles. The van der Waals surface area contributed by atoms with E-state index in [2.05, 4.69) is 49.4 Å². The molecule has 1 rings (SSSR count). The average Bonchev–Trinajstić information content (AvgIpc) is 1.97. The second-order valence-corrected chi connectivity index (χ2v) is 3.80. The molecule has 4 heteroatoms. The summed E-state index contributed by atoms with van der Waals surface area (Å²) in [6, 6.07) is 5.85. The van der Waals surface area contributed by atoms with Gasteiger partial charge < -0.3 is 5.32 Å². The molecule has 0 unspecified atom stereocenters. The molecule has 1 nitrogen and oxygen atoms in total. The summed E-state index contributed by atoms with van der Waals surface area (Å²) in [4.78, 5) is 0. The van der Waals surface area contributed by atoms with E-state index in [1.54, 1.807) is 0 Å². The van der Waals surface area contributed by atoms with Gasteiger partial charge in [-0.05, 0) is 44.0 Å². The summed E-state index contributed by atoms with van der Waals surface area (Å²) in [5.41, 5.74) is 2.44. The average molecular weight is 295 g/mol. The van der Waals surface area contributed by atoms with Gasteiger partial charge in [0.2, 0.25) is 0 Å². The van der Waals surface area contributed by atoms with Crippen molar-refractivity contribution in [1.29, 1.82) is 0 Å². The van der Waals surface area contributed by atoms with Crippen LogP contribution < -0.4 is 5.32 Å². The summed E-state index contributed by atoms with van der Waals surface area (Å²) in [7, 11) is 0. The predicted octanol–water partition coefficient (Wildman–Crippen LogP) is 3.58. The third-order valence-electron chi connectivity index (χ3n) is 1.17. The number of rotatable bonds is 2. The van der Waals surface area contributed by atoms with Crippen LogP contribution in [0.4, 0.5) is 5.69 Å². The first-order chi connectivity index (χ1) is 5.25. The molecule has 1 aromatic rings. The Morgan fingerprint density at radius 1 is 1.27 bits per heavy atom. The highest BCUT2D eigenvalue weighted by molar-refractivity contribution is 9.11. The number of hydrogen-bond acceptors (Lipinski definition) is 1. The van der Waals surface area contributed by atoms with Crippen LogP contribution in [0.2, 0.25) is 0 Å². The minimum Gasteiger partial charge on any atom is -0.351 e. The molecular weight excluding hydrogens is 290 g/mol. The third kappa shape index (κ3) is 2.25. The van der Waals surface area contributed by atoms with E-state index in [0.29, 0.717) is 0 Å². The predicted molar refractivity (Wildman–Crippen MR) is 59.1 cm³/mol. The molecule has 0 fully saturated rings. The van der Waals surface area contributed by atoms with Crippen molar-refractivity contribution in [1.82, 2.24) is 0 Å². The van der Waals surface area contributed by atoms with E-state index < -0.39 is 0 Å². The lowest BCUT2D eigenvalue weighted by Crippen LogP contribution is -1.93. The first-order valence-corrected chi connectivity index (χ1v) is 4.95. The minimum absolute atomic E-state index is 0.961. The van der Waals surface area contributed by atoms with E-state index in [0.717, 1.165) is 14.6 Å². The highest BCUT2D eigenvalue weighted by atomic mass is 79.9. The second kappa shape index (κ2) is 4.18. The summed E-state index contributed by atoms with van der Waals surface area (Å²) in [5.74, 6) is 0. The maximum Gasteiger partial charge on any atom is 0.0674 e. The minimum atomic E-state index is 0.961. The maximum absolute atomic E-state index is 4.68. The molecule has 0 saturated carbocycles. The highest BCUT2D eigenvalue weighted by Gasteiger charge is 2.00. The van der Waals surface area contributed by atoms with Crippen molar-refractivity contribution in [3.8, 4) is 0 Å². The number of anilines is 1. The topological polar surface area (TPSA) is 12.0 Å². The second-order valence-electron chi connectivity index (χ2n) is 1.86. The van der Waals surface area contributed by atoms with E-state index >= 15 is 0 Å². The van der Waals surface area contributed by atoms with Crippen LogP contribution in [0.15, 0.2) is 27.1 Å². The van der Waals surface area contributed by atoms with Crippen molar-refractivity contribution in [2.75, 3.05) is 5.32 Å². The SMILES string of the molecule is S=CNc1c(Br)cccc1Br. The smallest absolute Gasteiger partial charge is 0.0674 e. The van der Waals surface area contributed by atoms with Crippen LogP contribution in [-0.2, 0) is 0 Å². The number of para-hydroxylation sites is 1. The van der Waals surface area contributed by atoms with E-state index in [1.165, 1.54) is 5.49 Å². The Kier molecular flexibility index (Phi) is 3.48. The lowest BCUT2D eigenvalue weighted by molar-refractivity contribution is 1.57. The van der Waals surface area contributed by atoms with Gasteiger partial charge in [0.05, 0.1) is 11.2 Å². The molecule has 0 aliphatic rings. The molecule has 0 aliphatic carbocycles. The van der Waals surface area contributed by atoms with E-state index in [-0.39, 0.29) is 0 Å². The lowest BCUT2D eigenvalue weighted by Gasteiger charge is -2.04. The van der Waals surface area contributed by atoms with Crippen molar-refractivity contribution in [3.05, 3.63) is 27.1 Å². The molecule has 0 radical (unpaired) electrons. The first kappa shape index (κ1) is 9.16. The van der Waals surface area contributed by atoms with Gasteiger partial charge in [0.25, 0.3) is 0 Å². The highest BCUT2D eigenvalue weighted by Crippen LogP contribution is 2.29. The van der Waals surface area contributed by atoms with Gasteiger partial charge >= 0.3 is 0 Å². The van der Waals surface area contributed by atoms with Crippen molar-refractivity contribution in [2.45, 2.75) is 0 Å². The zero-order valence-electron chi connectivity index (χ0n) is 5.47. The van der Waals surface area contributed by atoms with E-state index in [4.69, 9.17) is 0 Å². The molecule has 0 aliphatic heterocycles. The van der Waals surface area contributed by atoms with Gasteiger partial charge in [0.15, 0.2) is 0 Å². The molecule has 0 amide bonds. The number of nitrogens with one attached hydrogen (secondary N) is 1. The summed E-state index contributed by atoms with van der Waals surface area (Å²) in [6.45, 7) is 0. The summed E-state index contributed by atoms with van der Waals surface area (Å²) < 4.78 is 1.99. The zero-order chi connectivity index (χ0) is 8.27. The molecule has 58 valence electrons. The molecular formula is C7H5Br2NS. The van der Waals surface area contributed by atoms with Gasteiger partial charge in [-0.3, -0.25) is 0 Å². The number of halogens is 2. The third-order valence-corrected chi connectivity index (χ3v) is 2.61. The van der Waals surface area contributed by atoms with Crippen LogP contribution in [0.3, 0.4) is 0 Å². The van der Waals surface area contributed by atoms with Crippen molar-refractivity contribution in [3.63, 3.8) is 0 Å². The Labute approximate surface area is 87.4 Å². The molecule has 0 atom stereocenters. The lowest BCUT2D eigenvalue weighted by atomic mass is 10.3. The van der Waals surface area contributed by atoms with Crippen molar-refractivity contribution in [2.24, 2.45) is 0 Å². The van der Waals surface area contributed by atoms with Crippen LogP contribution >= 0.6 is 44.1 Å². The van der Waals surface area contributed by atoms with Gasteiger partial charge in [-0.2, -0.15) is 0 Å². The van der Waals surface area contributed by atoms with Gasteiger partial charge in [-0.15, -0.1) is 0 Å². The number of benzene rings is 1. The monoisotopic (exact) mass is 293 g/mol. The van der Waals surface area contributed by atoms with Crippen molar-refractivity contribution < 1.29 is 0 Å². The molecule has 1 aromatic carbocycles. The molecule has 0 saturated heterocycles. The van der Waals surface area contributed by atoms with Crippen LogP contribution in [0, 0.1) is 0 Å². The van der Waals surface area contributed by atoms with Gasteiger partial charge in [-0.1, -0.05) is 18.3 Å². The number of hydrogen-bond donors (Lipinski definition) is 1. The molecule has 0 bridgehead atoms. The Balaban J connectivity index is 3.09. The Morgan fingerprint density at radius 3 is 2.27 bits per heavy atom. The summed E-state index contributed by atoms with van der Waals surface area (Å²) in [6.07, 6.45) is 0. The van der Waals surface area contributed by atoms with E-state index in [9.17, 15) is 0 Å². The number of thiocarbonyl (C=S) groups is 1. The van der Waals surface area contributed by atoms with E-state index in [1.807, 2.05) is 18.2 Å². The fourth-order valence-corrected chi connectivity index (χ4v) is 2.04. The largest absolute Gasteiger partial charge is 0.351 e. The van der Waals surface area contributed by atoms with Gasteiger partial charge in [0, 0.05) is 8.95 Å². The van der Waals surface area contributed by atoms with Crippen LogP contribution in [0.25, 0.3) is 0 Å². The molecule has 11 heavy (non-hydrogen) atoms. The zero-order valence-corrected chi connectivity index (χ0v) is 9.46. The standard InChI is InChI=1S/C7H5Br2NS/c8-5-2-1-3-6(9)7(5)10-4-11/h1-4H,(H,10,11). The van der Waals surface area contributed by atoms with Crippen molar-refractivity contribution >= 4 is 55.3 Å². The fraction of sp³-hybridized carbons (Fsp3) is 0. The Morgan fingerprint density at radius 2 is 1.82 bits per heavy atom. The summed E-state index contributed by atoms with van der Waals surface area (Å²) in [5, 5.41) is 2.94. The maximum atomic E-state index is 4.68.